The Labute approximate surface area is 90.0 Å². The summed E-state index contributed by atoms with van der Waals surface area (Å²) < 4.78 is 9.92. The van der Waals surface area contributed by atoms with E-state index in [2.05, 4.69) is 0 Å². The Balaban J connectivity index is 0.000000921. The molecule has 0 atom stereocenters. The molecule has 1 rings (SSSR count). The van der Waals surface area contributed by atoms with E-state index < -0.39 is 5.91 Å². The molecule has 15 heavy (non-hydrogen) atoms. The summed E-state index contributed by atoms with van der Waals surface area (Å²) in [6.07, 6.45) is 0. The van der Waals surface area contributed by atoms with Gasteiger partial charge in [-0.3, -0.25) is 4.79 Å². The molecule has 0 aliphatic carbocycles. The maximum atomic E-state index is 10.8. The molecule has 0 radical (unpaired) electrons. The van der Waals surface area contributed by atoms with Gasteiger partial charge in [-0.05, 0) is 12.1 Å². The molecule has 0 saturated heterocycles. The number of hydrogen-bond acceptors (Lipinski definition) is 3. The van der Waals surface area contributed by atoms with Crippen molar-refractivity contribution in [2.24, 2.45) is 5.73 Å². The summed E-state index contributed by atoms with van der Waals surface area (Å²) >= 11 is 0. The number of amides is 1. The lowest BCUT2D eigenvalue weighted by Gasteiger charge is -2.05. The first kappa shape index (κ1) is 13.3. The molecule has 84 valence electrons. The standard InChI is InChI=1S/C9H11NO3.C2H6/c1-12-7-3-6(9(10)11)4-8(5-7)13-2;1-2/h3-5H,1-2H3,(H2,10,11);1-2H3. The van der Waals surface area contributed by atoms with E-state index in [4.69, 9.17) is 15.2 Å². The van der Waals surface area contributed by atoms with Gasteiger partial charge in [0, 0.05) is 11.6 Å². The molecule has 1 aromatic rings. The number of methoxy groups -OCH3 is 2. The first-order valence-electron chi connectivity index (χ1n) is 4.70. The van der Waals surface area contributed by atoms with Crippen LogP contribution in [0.5, 0.6) is 11.5 Å². The van der Waals surface area contributed by atoms with Crippen LogP contribution in [0.4, 0.5) is 0 Å². The highest BCUT2D eigenvalue weighted by molar-refractivity contribution is 5.93. The van der Waals surface area contributed by atoms with Gasteiger partial charge in [0.1, 0.15) is 11.5 Å². The number of carbonyl (C=O) groups excluding carboxylic acids is 1. The van der Waals surface area contributed by atoms with Gasteiger partial charge in [0.15, 0.2) is 0 Å². The van der Waals surface area contributed by atoms with E-state index in [1.54, 1.807) is 18.2 Å². The van der Waals surface area contributed by atoms with Crippen LogP contribution in [0.25, 0.3) is 0 Å². The van der Waals surface area contributed by atoms with E-state index in [0.29, 0.717) is 17.1 Å². The minimum Gasteiger partial charge on any atom is -0.497 e. The highest BCUT2D eigenvalue weighted by atomic mass is 16.5. The van der Waals surface area contributed by atoms with E-state index in [0.717, 1.165) is 0 Å². The van der Waals surface area contributed by atoms with E-state index in [-0.39, 0.29) is 0 Å². The lowest BCUT2D eigenvalue weighted by atomic mass is 10.2. The van der Waals surface area contributed by atoms with Gasteiger partial charge >= 0.3 is 0 Å². The first-order chi connectivity index (χ1) is 7.17. The number of benzene rings is 1. The van der Waals surface area contributed by atoms with Gasteiger partial charge in [-0.25, -0.2) is 0 Å². The van der Waals surface area contributed by atoms with Gasteiger partial charge in [-0.15, -0.1) is 0 Å². The van der Waals surface area contributed by atoms with Crippen molar-refractivity contribution in [2.45, 2.75) is 13.8 Å². The normalized spacial score (nSPS) is 8.53. The molecule has 2 N–H and O–H groups in total. The molecule has 1 aromatic carbocycles. The third kappa shape index (κ3) is 3.89. The molecule has 0 bridgehead atoms. The van der Waals surface area contributed by atoms with Gasteiger partial charge in [0.05, 0.1) is 14.2 Å². The van der Waals surface area contributed by atoms with Crippen molar-refractivity contribution in [3.8, 4) is 11.5 Å². The lowest BCUT2D eigenvalue weighted by molar-refractivity contribution is 0.0999. The monoisotopic (exact) mass is 211 g/mol. The fourth-order valence-electron chi connectivity index (χ4n) is 0.950. The number of rotatable bonds is 3. The average Bonchev–Trinajstić information content (AvgIpc) is 2.30. The van der Waals surface area contributed by atoms with Crippen LogP contribution in [0.2, 0.25) is 0 Å². The Kier molecular flexibility index (Phi) is 5.94. The fourth-order valence-corrected chi connectivity index (χ4v) is 0.950. The van der Waals surface area contributed by atoms with Crippen LogP contribution in [-0.4, -0.2) is 20.1 Å². The van der Waals surface area contributed by atoms with E-state index in [1.165, 1.54) is 14.2 Å². The highest BCUT2D eigenvalue weighted by Gasteiger charge is 2.05. The van der Waals surface area contributed by atoms with Crippen LogP contribution in [0.1, 0.15) is 24.2 Å². The molecule has 0 aliphatic rings. The molecular formula is C11H17NO3. The van der Waals surface area contributed by atoms with Gasteiger partial charge in [0.2, 0.25) is 5.91 Å². The minimum absolute atomic E-state index is 0.371. The maximum Gasteiger partial charge on any atom is 0.248 e. The number of carbonyl (C=O) groups is 1. The molecule has 4 heteroatoms. The van der Waals surface area contributed by atoms with Crippen LogP contribution in [0.3, 0.4) is 0 Å². The molecule has 0 spiro atoms. The molecule has 0 saturated carbocycles. The van der Waals surface area contributed by atoms with Crippen LogP contribution in [0.15, 0.2) is 18.2 Å². The van der Waals surface area contributed by atoms with Gasteiger partial charge in [-0.2, -0.15) is 0 Å². The summed E-state index contributed by atoms with van der Waals surface area (Å²) in [6.45, 7) is 4.00. The summed E-state index contributed by atoms with van der Waals surface area (Å²) in [7, 11) is 3.03. The Morgan fingerprint density at radius 3 is 1.73 bits per heavy atom. The molecule has 0 aliphatic heterocycles. The van der Waals surface area contributed by atoms with Crippen LogP contribution >= 0.6 is 0 Å². The van der Waals surface area contributed by atoms with Crippen LogP contribution in [0, 0.1) is 0 Å². The van der Waals surface area contributed by atoms with Crippen molar-refractivity contribution >= 4 is 5.91 Å². The second-order valence-electron chi connectivity index (χ2n) is 2.47. The quantitative estimate of drug-likeness (QED) is 0.829. The zero-order chi connectivity index (χ0) is 11.8. The molecule has 0 fully saturated rings. The molecule has 0 aromatic heterocycles. The van der Waals surface area contributed by atoms with Gasteiger partial charge in [-0.1, -0.05) is 13.8 Å². The summed E-state index contributed by atoms with van der Waals surface area (Å²) in [5.41, 5.74) is 5.48. The number of ether oxygens (including phenoxy) is 2. The molecule has 0 unspecified atom stereocenters. The smallest absolute Gasteiger partial charge is 0.248 e. The topological polar surface area (TPSA) is 61.6 Å². The van der Waals surface area contributed by atoms with Crippen LogP contribution in [-0.2, 0) is 0 Å². The van der Waals surface area contributed by atoms with Crippen molar-refractivity contribution in [1.29, 1.82) is 0 Å². The number of primary amides is 1. The zero-order valence-electron chi connectivity index (χ0n) is 9.53. The average molecular weight is 211 g/mol. The second-order valence-corrected chi connectivity index (χ2v) is 2.47. The van der Waals surface area contributed by atoms with Gasteiger partial charge < -0.3 is 15.2 Å². The Hall–Kier alpha value is -1.71. The SMILES string of the molecule is CC.COc1cc(OC)cc(C(N)=O)c1. The van der Waals surface area contributed by atoms with Crippen molar-refractivity contribution in [3.05, 3.63) is 23.8 Å². The van der Waals surface area contributed by atoms with Gasteiger partial charge in [0.25, 0.3) is 0 Å². The van der Waals surface area contributed by atoms with Crippen molar-refractivity contribution in [2.75, 3.05) is 14.2 Å². The predicted octanol–water partition coefficient (Wildman–Crippen LogP) is 1.83. The molecule has 1 amide bonds. The number of nitrogens with two attached hydrogens (primary N) is 1. The third-order valence-corrected chi connectivity index (χ3v) is 1.64. The summed E-state index contributed by atoms with van der Waals surface area (Å²) in [6, 6.07) is 4.79. The van der Waals surface area contributed by atoms with Crippen molar-refractivity contribution < 1.29 is 14.3 Å². The van der Waals surface area contributed by atoms with Crippen LogP contribution < -0.4 is 15.2 Å². The van der Waals surface area contributed by atoms with E-state index in [9.17, 15) is 4.79 Å². The van der Waals surface area contributed by atoms with E-state index in [1.807, 2.05) is 13.8 Å². The van der Waals surface area contributed by atoms with E-state index >= 15 is 0 Å². The fraction of sp³-hybridized carbons (Fsp3) is 0.364. The highest BCUT2D eigenvalue weighted by Crippen LogP contribution is 2.21. The van der Waals surface area contributed by atoms with Crippen molar-refractivity contribution in [1.82, 2.24) is 0 Å². The Morgan fingerprint density at radius 2 is 1.47 bits per heavy atom. The zero-order valence-corrected chi connectivity index (χ0v) is 9.53. The molecular weight excluding hydrogens is 194 g/mol. The largest absolute Gasteiger partial charge is 0.497 e. The lowest BCUT2D eigenvalue weighted by Crippen LogP contribution is -2.11. The van der Waals surface area contributed by atoms with Crippen molar-refractivity contribution in [3.63, 3.8) is 0 Å². The second kappa shape index (κ2) is 6.70. The molecule has 0 heterocycles. The third-order valence-electron chi connectivity index (χ3n) is 1.64. The Bertz CT molecular complexity index is 301. The molecule has 4 nitrogen and oxygen atoms in total. The number of hydrogen-bond donors (Lipinski definition) is 1. The first-order valence-corrected chi connectivity index (χ1v) is 4.70. The summed E-state index contributed by atoms with van der Waals surface area (Å²) in [4.78, 5) is 10.8. The minimum atomic E-state index is -0.503. The maximum absolute atomic E-state index is 10.8. The Morgan fingerprint density at radius 1 is 1.07 bits per heavy atom. The summed E-state index contributed by atoms with van der Waals surface area (Å²) in [5, 5.41) is 0. The predicted molar refractivity (Wildman–Crippen MR) is 59.4 cm³/mol. The summed E-state index contributed by atoms with van der Waals surface area (Å²) in [5.74, 6) is 0.596.